The van der Waals surface area contributed by atoms with Gasteiger partial charge in [0.15, 0.2) is 5.96 Å². The lowest BCUT2D eigenvalue weighted by Crippen LogP contribution is -2.53. The van der Waals surface area contributed by atoms with Gasteiger partial charge in [0.1, 0.15) is 12.6 Å². The van der Waals surface area contributed by atoms with E-state index < -0.39 is 29.9 Å². The van der Waals surface area contributed by atoms with E-state index in [4.69, 9.17) is 25.4 Å². The van der Waals surface area contributed by atoms with Gasteiger partial charge in [-0.15, -0.1) is 0 Å². The third kappa shape index (κ3) is 10.1. The van der Waals surface area contributed by atoms with Crippen LogP contribution in [0.15, 0.2) is 30.3 Å². The Bertz CT molecular complexity index is 1000. The highest BCUT2D eigenvalue weighted by atomic mass is 16.5. The number of carbonyl (C=O) groups excluding carboxylic acids is 4. The third-order valence-electron chi connectivity index (χ3n) is 6.33. The maximum atomic E-state index is 13.5. The number of guanidine groups is 1. The number of hydrogen-bond donors (Lipinski definition) is 4. The first kappa shape index (κ1) is 29.7. The van der Waals surface area contributed by atoms with E-state index in [2.05, 4.69) is 10.6 Å². The van der Waals surface area contributed by atoms with Crippen LogP contribution in [0.3, 0.4) is 0 Å². The van der Waals surface area contributed by atoms with E-state index in [9.17, 15) is 19.2 Å². The number of esters is 1. The SMILES string of the molecule is CCOC(=O)CCN(C(=O)[C@H](CC(=O)NCC1CN(C(=N)N)CCO1)NC(=O)OCc1ccccc1)C1CC1. The number of carbonyl (C=O) groups is 4. The molecule has 214 valence electrons. The molecule has 1 aliphatic heterocycles. The zero-order valence-electron chi connectivity index (χ0n) is 22.2. The van der Waals surface area contributed by atoms with Gasteiger partial charge < -0.3 is 40.4 Å². The molecule has 1 unspecified atom stereocenters. The van der Waals surface area contributed by atoms with Crippen LogP contribution in [0.25, 0.3) is 0 Å². The molecule has 1 saturated carbocycles. The lowest BCUT2D eigenvalue weighted by Gasteiger charge is -2.33. The van der Waals surface area contributed by atoms with Crippen molar-refractivity contribution < 1.29 is 33.4 Å². The molecule has 1 saturated heterocycles. The smallest absolute Gasteiger partial charge is 0.408 e. The van der Waals surface area contributed by atoms with E-state index in [-0.39, 0.29) is 57.3 Å². The predicted octanol–water partition coefficient (Wildman–Crippen LogP) is 0.326. The van der Waals surface area contributed by atoms with Gasteiger partial charge in [-0.2, -0.15) is 0 Å². The fourth-order valence-corrected chi connectivity index (χ4v) is 4.16. The Morgan fingerprint density at radius 1 is 1.21 bits per heavy atom. The van der Waals surface area contributed by atoms with Crippen molar-refractivity contribution in [2.75, 3.05) is 39.4 Å². The summed E-state index contributed by atoms with van der Waals surface area (Å²) in [6.07, 6.45) is 0.0234. The third-order valence-corrected chi connectivity index (χ3v) is 6.33. The van der Waals surface area contributed by atoms with Gasteiger partial charge in [0.2, 0.25) is 11.8 Å². The molecule has 0 spiro atoms. The molecule has 1 heterocycles. The normalized spacial score (nSPS) is 17.5. The van der Waals surface area contributed by atoms with E-state index in [0.717, 1.165) is 18.4 Å². The second-order valence-corrected chi connectivity index (χ2v) is 9.41. The van der Waals surface area contributed by atoms with Crippen LogP contribution in [-0.4, -0.2) is 97.2 Å². The van der Waals surface area contributed by atoms with Gasteiger partial charge in [0, 0.05) is 32.2 Å². The molecule has 1 aliphatic carbocycles. The Balaban J connectivity index is 1.61. The summed E-state index contributed by atoms with van der Waals surface area (Å²) in [7, 11) is 0. The van der Waals surface area contributed by atoms with Crippen LogP contribution in [0.5, 0.6) is 0 Å². The molecule has 0 bridgehead atoms. The molecule has 0 aromatic heterocycles. The monoisotopic (exact) mass is 546 g/mol. The molecule has 3 rings (SSSR count). The first-order valence-electron chi connectivity index (χ1n) is 13.2. The summed E-state index contributed by atoms with van der Waals surface area (Å²) >= 11 is 0. The Morgan fingerprint density at radius 2 is 1.95 bits per heavy atom. The van der Waals surface area contributed by atoms with Crippen molar-refractivity contribution in [2.24, 2.45) is 5.73 Å². The highest BCUT2D eigenvalue weighted by molar-refractivity contribution is 5.91. The van der Waals surface area contributed by atoms with Crippen molar-refractivity contribution in [3.05, 3.63) is 35.9 Å². The Morgan fingerprint density at radius 3 is 2.62 bits per heavy atom. The van der Waals surface area contributed by atoms with Crippen LogP contribution in [0, 0.1) is 5.41 Å². The molecule has 13 nitrogen and oxygen atoms in total. The number of ether oxygens (including phenoxy) is 3. The number of nitrogens with one attached hydrogen (secondary N) is 3. The Kier molecular flexibility index (Phi) is 11.3. The topological polar surface area (TPSA) is 176 Å². The lowest BCUT2D eigenvalue weighted by molar-refractivity contribution is -0.144. The zero-order chi connectivity index (χ0) is 28.2. The van der Waals surface area contributed by atoms with Crippen LogP contribution in [0.1, 0.15) is 38.2 Å². The average Bonchev–Trinajstić information content (AvgIpc) is 3.77. The molecular weight excluding hydrogens is 508 g/mol. The number of nitrogens with zero attached hydrogens (tertiary/aromatic N) is 2. The Hall–Kier alpha value is -3.87. The van der Waals surface area contributed by atoms with Crippen molar-refractivity contribution in [1.82, 2.24) is 20.4 Å². The number of morpholine rings is 1. The van der Waals surface area contributed by atoms with E-state index >= 15 is 0 Å². The maximum absolute atomic E-state index is 13.5. The van der Waals surface area contributed by atoms with Gasteiger partial charge in [-0.3, -0.25) is 19.8 Å². The number of benzene rings is 1. The molecular formula is C26H38N6O7. The molecule has 2 fully saturated rings. The molecule has 1 aromatic carbocycles. The number of amides is 3. The summed E-state index contributed by atoms with van der Waals surface area (Å²) < 4.78 is 15.9. The van der Waals surface area contributed by atoms with E-state index in [1.807, 2.05) is 18.2 Å². The van der Waals surface area contributed by atoms with Crippen molar-refractivity contribution in [1.29, 1.82) is 5.41 Å². The van der Waals surface area contributed by atoms with Crippen LogP contribution < -0.4 is 16.4 Å². The van der Waals surface area contributed by atoms with Crippen LogP contribution in [0.2, 0.25) is 0 Å². The summed E-state index contributed by atoms with van der Waals surface area (Å²) in [4.78, 5) is 54.1. The maximum Gasteiger partial charge on any atom is 0.408 e. The van der Waals surface area contributed by atoms with E-state index in [1.165, 1.54) is 4.90 Å². The number of hydrogen-bond acceptors (Lipinski definition) is 8. The first-order valence-corrected chi connectivity index (χ1v) is 13.2. The highest BCUT2D eigenvalue weighted by Crippen LogP contribution is 2.28. The van der Waals surface area contributed by atoms with Crippen LogP contribution in [0.4, 0.5) is 4.79 Å². The Labute approximate surface area is 227 Å². The summed E-state index contributed by atoms with van der Waals surface area (Å²) in [6.45, 7) is 3.43. The summed E-state index contributed by atoms with van der Waals surface area (Å²) in [5.41, 5.74) is 6.33. The van der Waals surface area contributed by atoms with Crippen molar-refractivity contribution >= 4 is 29.8 Å². The minimum absolute atomic E-state index is 0.000640. The minimum Gasteiger partial charge on any atom is -0.466 e. The van der Waals surface area contributed by atoms with E-state index in [0.29, 0.717) is 19.7 Å². The average molecular weight is 547 g/mol. The quantitative estimate of drug-likeness (QED) is 0.154. The zero-order valence-corrected chi connectivity index (χ0v) is 22.2. The van der Waals surface area contributed by atoms with Crippen molar-refractivity contribution in [2.45, 2.75) is 57.4 Å². The molecule has 2 aliphatic rings. The molecule has 2 atom stereocenters. The summed E-state index contributed by atoms with van der Waals surface area (Å²) in [6, 6.07) is 7.81. The van der Waals surface area contributed by atoms with Gasteiger partial charge in [-0.1, -0.05) is 30.3 Å². The highest BCUT2D eigenvalue weighted by Gasteiger charge is 2.37. The van der Waals surface area contributed by atoms with Gasteiger partial charge in [-0.05, 0) is 25.3 Å². The number of rotatable bonds is 13. The molecule has 0 radical (unpaired) electrons. The van der Waals surface area contributed by atoms with Gasteiger partial charge >= 0.3 is 12.1 Å². The second kappa shape index (κ2) is 14.9. The van der Waals surface area contributed by atoms with Crippen molar-refractivity contribution in [3.8, 4) is 0 Å². The molecule has 5 N–H and O–H groups in total. The summed E-state index contributed by atoms with van der Waals surface area (Å²) in [5.74, 6) is -1.43. The largest absolute Gasteiger partial charge is 0.466 e. The number of nitrogens with two attached hydrogens (primary N) is 1. The van der Waals surface area contributed by atoms with Crippen LogP contribution in [-0.2, 0) is 35.2 Å². The van der Waals surface area contributed by atoms with Gasteiger partial charge in [0.05, 0.1) is 32.2 Å². The molecule has 13 heteroatoms. The van der Waals surface area contributed by atoms with E-state index in [1.54, 1.807) is 24.0 Å². The molecule has 39 heavy (non-hydrogen) atoms. The predicted molar refractivity (Wildman–Crippen MR) is 140 cm³/mol. The molecule has 1 aromatic rings. The standard InChI is InChI=1S/C26H38N6O7/c1-2-37-23(34)10-11-32(19-8-9-19)24(35)21(30-26(36)39-17-18-6-4-3-5-7-18)14-22(33)29-15-20-16-31(25(27)28)12-13-38-20/h3-7,19-21H,2,8-17H2,1H3,(H3,27,28)(H,29,33)(H,30,36)/t20?,21-/m0/s1. The summed E-state index contributed by atoms with van der Waals surface area (Å²) in [5, 5.41) is 12.9. The van der Waals surface area contributed by atoms with Gasteiger partial charge in [-0.25, -0.2) is 4.79 Å². The molecule has 3 amide bonds. The second-order valence-electron chi connectivity index (χ2n) is 9.41. The first-order chi connectivity index (χ1) is 18.8. The van der Waals surface area contributed by atoms with Crippen molar-refractivity contribution in [3.63, 3.8) is 0 Å². The number of alkyl carbamates (subject to hydrolysis) is 1. The van der Waals surface area contributed by atoms with Crippen LogP contribution >= 0.6 is 0 Å². The van der Waals surface area contributed by atoms with Gasteiger partial charge in [0.25, 0.3) is 0 Å². The minimum atomic E-state index is -1.20. The lowest BCUT2D eigenvalue weighted by atomic mass is 10.1. The fourth-order valence-electron chi connectivity index (χ4n) is 4.16. The fraction of sp³-hybridized carbons (Fsp3) is 0.577.